The van der Waals surface area contributed by atoms with Gasteiger partial charge in [0.1, 0.15) is 0 Å². The van der Waals surface area contributed by atoms with Crippen LogP contribution in [0.1, 0.15) is 59.3 Å². The van der Waals surface area contributed by atoms with E-state index in [1.165, 1.54) is 38.5 Å². The number of ether oxygens (including phenoxy) is 1. The largest absolute Gasteiger partial charge is 0.389 e. The van der Waals surface area contributed by atoms with Gasteiger partial charge < -0.3 is 20.5 Å². The van der Waals surface area contributed by atoms with E-state index in [1.807, 2.05) is 0 Å². The lowest BCUT2D eigenvalue weighted by Gasteiger charge is -2.35. The maximum Gasteiger partial charge on any atom is 0.191 e. The van der Waals surface area contributed by atoms with Crippen molar-refractivity contribution in [2.45, 2.75) is 71.4 Å². The second-order valence-corrected chi connectivity index (χ2v) is 7.94. The molecule has 3 N–H and O–H groups in total. The maximum absolute atomic E-state index is 9.99. The van der Waals surface area contributed by atoms with Crippen LogP contribution in [0.15, 0.2) is 4.99 Å². The molecule has 0 saturated heterocycles. The molecule has 2 saturated carbocycles. The third-order valence-electron chi connectivity index (χ3n) is 4.85. The molecule has 5 heteroatoms. The van der Waals surface area contributed by atoms with Gasteiger partial charge in [-0.25, -0.2) is 0 Å². The molecule has 0 aromatic heterocycles. The third kappa shape index (κ3) is 7.53. The van der Waals surface area contributed by atoms with Gasteiger partial charge in [-0.05, 0) is 56.8 Å². The van der Waals surface area contributed by atoms with Crippen LogP contribution in [0.3, 0.4) is 0 Å². The van der Waals surface area contributed by atoms with Crippen molar-refractivity contribution in [1.82, 2.24) is 10.6 Å². The van der Waals surface area contributed by atoms with Crippen LogP contribution in [0, 0.1) is 11.3 Å². The number of aliphatic hydroxyl groups is 1. The highest BCUT2D eigenvalue weighted by molar-refractivity contribution is 5.80. The van der Waals surface area contributed by atoms with Gasteiger partial charge in [-0.3, -0.25) is 4.99 Å². The molecule has 0 aromatic carbocycles. The van der Waals surface area contributed by atoms with Crippen LogP contribution >= 0.6 is 0 Å². The second-order valence-electron chi connectivity index (χ2n) is 7.94. The lowest BCUT2D eigenvalue weighted by atomic mass is 9.75. The molecule has 2 rings (SSSR count). The summed E-state index contributed by atoms with van der Waals surface area (Å²) in [6.07, 6.45) is 6.91. The molecule has 2 aliphatic carbocycles. The van der Waals surface area contributed by atoms with Crippen molar-refractivity contribution < 1.29 is 9.84 Å². The summed E-state index contributed by atoms with van der Waals surface area (Å²) in [6.45, 7) is 9.15. The van der Waals surface area contributed by atoms with Gasteiger partial charge in [0.05, 0.1) is 19.3 Å². The predicted molar refractivity (Wildman–Crippen MR) is 94.7 cm³/mol. The Kier molecular flexibility index (Phi) is 7.15. The molecule has 1 unspecified atom stereocenters. The summed E-state index contributed by atoms with van der Waals surface area (Å²) in [5.74, 6) is 1.55. The molecule has 134 valence electrons. The van der Waals surface area contributed by atoms with Crippen LogP contribution < -0.4 is 10.6 Å². The first kappa shape index (κ1) is 18.5. The minimum atomic E-state index is -0.519. The molecular weight excluding hydrogens is 290 g/mol. The van der Waals surface area contributed by atoms with E-state index in [0.717, 1.165) is 25.0 Å². The van der Waals surface area contributed by atoms with E-state index in [9.17, 15) is 5.11 Å². The zero-order chi connectivity index (χ0) is 16.7. The first-order valence-corrected chi connectivity index (χ1v) is 9.29. The second kappa shape index (κ2) is 8.88. The van der Waals surface area contributed by atoms with Gasteiger partial charge in [-0.15, -0.1) is 0 Å². The lowest BCUT2D eigenvalue weighted by Crippen LogP contribution is -2.46. The highest BCUT2D eigenvalue weighted by atomic mass is 16.5. The minimum absolute atomic E-state index is 0.386. The summed E-state index contributed by atoms with van der Waals surface area (Å²) in [5.41, 5.74) is 0.475. The SMILES string of the molecule is CCNC(=NCC(O)COCC1CC1)NC1CCC(C)(C)CC1. The fraction of sp³-hybridized carbons (Fsp3) is 0.944. The van der Waals surface area contributed by atoms with Crippen molar-refractivity contribution in [3.63, 3.8) is 0 Å². The van der Waals surface area contributed by atoms with E-state index < -0.39 is 6.10 Å². The molecule has 0 heterocycles. The standard InChI is InChI=1S/C18H35N3O2/c1-4-19-17(21-15-7-9-18(2,3)10-8-15)20-11-16(22)13-23-12-14-5-6-14/h14-16,22H,4-13H2,1-3H3,(H2,19,20,21). The molecule has 2 fully saturated rings. The van der Waals surface area contributed by atoms with Gasteiger partial charge in [-0.1, -0.05) is 13.8 Å². The lowest BCUT2D eigenvalue weighted by molar-refractivity contribution is 0.0368. The highest BCUT2D eigenvalue weighted by Gasteiger charge is 2.27. The fourth-order valence-electron chi connectivity index (χ4n) is 2.96. The Balaban J connectivity index is 1.70. The van der Waals surface area contributed by atoms with Crippen LogP contribution in [0.25, 0.3) is 0 Å². The molecule has 0 bridgehead atoms. The Bertz CT molecular complexity index is 370. The minimum Gasteiger partial charge on any atom is -0.389 e. The molecule has 0 aromatic rings. The van der Waals surface area contributed by atoms with Crippen molar-refractivity contribution in [1.29, 1.82) is 0 Å². The smallest absolute Gasteiger partial charge is 0.191 e. The fourth-order valence-corrected chi connectivity index (χ4v) is 2.96. The molecular formula is C18H35N3O2. The monoisotopic (exact) mass is 325 g/mol. The molecule has 23 heavy (non-hydrogen) atoms. The Morgan fingerprint density at radius 1 is 1.26 bits per heavy atom. The van der Waals surface area contributed by atoms with Crippen molar-refractivity contribution in [3.05, 3.63) is 0 Å². The number of guanidine groups is 1. The summed E-state index contributed by atoms with van der Waals surface area (Å²) in [7, 11) is 0. The zero-order valence-electron chi connectivity index (χ0n) is 15.1. The van der Waals surface area contributed by atoms with Gasteiger partial charge >= 0.3 is 0 Å². The molecule has 0 aliphatic heterocycles. The number of hydrogen-bond acceptors (Lipinski definition) is 3. The van der Waals surface area contributed by atoms with Gasteiger partial charge in [0.15, 0.2) is 5.96 Å². The van der Waals surface area contributed by atoms with Crippen molar-refractivity contribution in [2.75, 3.05) is 26.3 Å². The average Bonchev–Trinajstić information content (AvgIpc) is 3.31. The first-order valence-electron chi connectivity index (χ1n) is 9.29. The maximum atomic E-state index is 9.99. The van der Waals surface area contributed by atoms with Crippen molar-refractivity contribution >= 4 is 5.96 Å². The topological polar surface area (TPSA) is 65.9 Å². The third-order valence-corrected chi connectivity index (χ3v) is 4.85. The number of aliphatic imine (C=N–C) groups is 1. The number of nitrogens with zero attached hydrogens (tertiary/aromatic N) is 1. The van der Waals surface area contributed by atoms with Crippen LogP contribution in [0.5, 0.6) is 0 Å². The van der Waals surface area contributed by atoms with E-state index >= 15 is 0 Å². The predicted octanol–water partition coefficient (Wildman–Crippen LogP) is 2.30. The number of aliphatic hydroxyl groups excluding tert-OH is 1. The van der Waals surface area contributed by atoms with E-state index in [2.05, 4.69) is 36.4 Å². The Hall–Kier alpha value is -0.810. The normalized spacial score (nSPS) is 23.6. The van der Waals surface area contributed by atoms with Crippen molar-refractivity contribution in [3.8, 4) is 0 Å². The molecule has 5 nitrogen and oxygen atoms in total. The van der Waals surface area contributed by atoms with E-state index in [-0.39, 0.29) is 0 Å². The van der Waals surface area contributed by atoms with Gasteiger partial charge in [-0.2, -0.15) is 0 Å². The van der Waals surface area contributed by atoms with Gasteiger partial charge in [0, 0.05) is 19.2 Å². The Morgan fingerprint density at radius 3 is 2.57 bits per heavy atom. The first-order chi connectivity index (χ1) is 11.0. The van der Waals surface area contributed by atoms with Crippen LogP contribution in [-0.2, 0) is 4.74 Å². The summed E-state index contributed by atoms with van der Waals surface area (Å²) >= 11 is 0. The highest BCUT2D eigenvalue weighted by Crippen LogP contribution is 2.34. The van der Waals surface area contributed by atoms with E-state index in [0.29, 0.717) is 24.6 Å². The number of nitrogens with one attached hydrogen (secondary N) is 2. The van der Waals surface area contributed by atoms with E-state index in [4.69, 9.17) is 4.74 Å². The summed E-state index contributed by atoms with van der Waals surface area (Å²) in [5, 5.41) is 16.8. The van der Waals surface area contributed by atoms with E-state index in [1.54, 1.807) is 0 Å². The summed E-state index contributed by atoms with van der Waals surface area (Å²) in [4.78, 5) is 4.52. The molecule has 0 radical (unpaired) electrons. The average molecular weight is 325 g/mol. The summed E-state index contributed by atoms with van der Waals surface area (Å²) in [6, 6.07) is 0.490. The van der Waals surface area contributed by atoms with Crippen LogP contribution in [0.2, 0.25) is 0 Å². The molecule has 0 spiro atoms. The van der Waals surface area contributed by atoms with Gasteiger partial charge in [0.25, 0.3) is 0 Å². The van der Waals surface area contributed by atoms with Gasteiger partial charge in [0.2, 0.25) is 0 Å². The number of rotatable bonds is 8. The van der Waals surface area contributed by atoms with Crippen LogP contribution in [-0.4, -0.2) is 49.5 Å². The molecule has 2 aliphatic rings. The quantitative estimate of drug-likeness (QED) is 0.473. The summed E-state index contributed by atoms with van der Waals surface area (Å²) < 4.78 is 5.52. The molecule has 1 atom stereocenters. The molecule has 0 amide bonds. The van der Waals surface area contributed by atoms with Crippen LogP contribution in [0.4, 0.5) is 0 Å². The van der Waals surface area contributed by atoms with Crippen molar-refractivity contribution in [2.24, 2.45) is 16.3 Å². The Morgan fingerprint density at radius 2 is 1.96 bits per heavy atom. The zero-order valence-corrected chi connectivity index (χ0v) is 15.1. The Labute approximate surface area is 141 Å². The number of hydrogen-bond donors (Lipinski definition) is 3.